The van der Waals surface area contributed by atoms with Crippen molar-refractivity contribution in [1.82, 2.24) is 10.3 Å². The standard InChI is InChI=1S/C10H10FN3O/c1-7(4-12)5-14-10(15)8-2-3-9(11)13-6-8/h2-3,6-7H,5H2,1H3,(H,14,15). The lowest BCUT2D eigenvalue weighted by Crippen LogP contribution is -2.27. The molecule has 0 aromatic carbocycles. The Hall–Kier alpha value is -1.96. The van der Waals surface area contributed by atoms with Gasteiger partial charge in [0.2, 0.25) is 5.95 Å². The second-order valence-electron chi connectivity index (χ2n) is 3.11. The second kappa shape index (κ2) is 5.05. The molecule has 0 radical (unpaired) electrons. The van der Waals surface area contributed by atoms with E-state index in [1.165, 1.54) is 6.07 Å². The van der Waals surface area contributed by atoms with Crippen molar-refractivity contribution in [2.24, 2.45) is 5.92 Å². The monoisotopic (exact) mass is 207 g/mol. The molecule has 0 fully saturated rings. The summed E-state index contributed by atoms with van der Waals surface area (Å²) in [6.45, 7) is 1.97. The van der Waals surface area contributed by atoms with Gasteiger partial charge in [-0.3, -0.25) is 4.79 Å². The number of nitriles is 1. The van der Waals surface area contributed by atoms with Crippen LogP contribution in [0.15, 0.2) is 18.3 Å². The molecule has 1 amide bonds. The molecule has 0 aliphatic rings. The molecule has 4 nitrogen and oxygen atoms in total. The zero-order valence-corrected chi connectivity index (χ0v) is 8.20. The smallest absolute Gasteiger partial charge is 0.252 e. The largest absolute Gasteiger partial charge is 0.351 e. The first-order valence-electron chi connectivity index (χ1n) is 4.43. The lowest BCUT2D eigenvalue weighted by molar-refractivity contribution is 0.0950. The highest BCUT2D eigenvalue weighted by Gasteiger charge is 2.07. The Kier molecular flexibility index (Phi) is 3.75. The van der Waals surface area contributed by atoms with E-state index in [1.54, 1.807) is 6.92 Å². The summed E-state index contributed by atoms with van der Waals surface area (Å²) in [5.41, 5.74) is 0.279. The van der Waals surface area contributed by atoms with Gasteiger partial charge in [-0.1, -0.05) is 0 Å². The Morgan fingerprint density at radius 2 is 2.47 bits per heavy atom. The van der Waals surface area contributed by atoms with E-state index in [0.29, 0.717) is 0 Å². The molecular formula is C10H10FN3O. The molecule has 15 heavy (non-hydrogen) atoms. The van der Waals surface area contributed by atoms with Crippen LogP contribution in [-0.4, -0.2) is 17.4 Å². The van der Waals surface area contributed by atoms with Gasteiger partial charge in [-0.2, -0.15) is 9.65 Å². The maximum Gasteiger partial charge on any atom is 0.252 e. The highest BCUT2D eigenvalue weighted by atomic mass is 19.1. The topological polar surface area (TPSA) is 65.8 Å². The van der Waals surface area contributed by atoms with E-state index < -0.39 is 5.95 Å². The maximum atomic E-state index is 12.4. The van der Waals surface area contributed by atoms with Crippen molar-refractivity contribution in [2.75, 3.05) is 6.54 Å². The minimum Gasteiger partial charge on any atom is -0.351 e. The minimum atomic E-state index is -0.628. The van der Waals surface area contributed by atoms with Crippen LogP contribution in [0.2, 0.25) is 0 Å². The average Bonchev–Trinajstić information content (AvgIpc) is 2.26. The maximum absolute atomic E-state index is 12.4. The van der Waals surface area contributed by atoms with Crippen molar-refractivity contribution in [2.45, 2.75) is 6.92 Å². The first-order valence-corrected chi connectivity index (χ1v) is 4.43. The van der Waals surface area contributed by atoms with Gasteiger partial charge in [0.1, 0.15) is 0 Å². The molecule has 1 rings (SSSR count). The predicted molar refractivity (Wildman–Crippen MR) is 51.3 cm³/mol. The van der Waals surface area contributed by atoms with Crippen LogP contribution in [-0.2, 0) is 0 Å². The number of hydrogen-bond acceptors (Lipinski definition) is 3. The lowest BCUT2D eigenvalue weighted by atomic mass is 10.2. The molecule has 78 valence electrons. The van der Waals surface area contributed by atoms with Gasteiger partial charge in [0.25, 0.3) is 5.91 Å². The van der Waals surface area contributed by atoms with Crippen LogP contribution >= 0.6 is 0 Å². The average molecular weight is 207 g/mol. The summed E-state index contributed by atoms with van der Waals surface area (Å²) in [5, 5.41) is 11.0. The Labute approximate surface area is 86.7 Å². The number of nitrogens with zero attached hydrogens (tertiary/aromatic N) is 2. The van der Waals surface area contributed by atoms with E-state index in [9.17, 15) is 9.18 Å². The van der Waals surface area contributed by atoms with E-state index in [4.69, 9.17) is 5.26 Å². The SMILES string of the molecule is CC(C#N)CNC(=O)c1ccc(F)nc1. The quantitative estimate of drug-likeness (QED) is 0.755. The number of carbonyl (C=O) groups excluding carboxylic acids is 1. The van der Waals surface area contributed by atoms with Crippen LogP contribution in [0.25, 0.3) is 0 Å². The third kappa shape index (κ3) is 3.35. The van der Waals surface area contributed by atoms with Gasteiger partial charge < -0.3 is 5.32 Å². The number of rotatable bonds is 3. The molecule has 1 aromatic rings. The van der Waals surface area contributed by atoms with Gasteiger partial charge >= 0.3 is 0 Å². The molecular weight excluding hydrogens is 197 g/mol. The third-order valence-corrected chi connectivity index (χ3v) is 1.78. The fraction of sp³-hybridized carbons (Fsp3) is 0.300. The molecule has 0 aliphatic carbocycles. The van der Waals surface area contributed by atoms with E-state index in [2.05, 4.69) is 10.3 Å². The molecule has 0 bridgehead atoms. The molecule has 1 unspecified atom stereocenters. The fourth-order valence-electron chi connectivity index (χ4n) is 0.904. The number of aromatic nitrogens is 1. The second-order valence-corrected chi connectivity index (χ2v) is 3.11. The van der Waals surface area contributed by atoms with Crippen LogP contribution in [0.3, 0.4) is 0 Å². The number of pyridine rings is 1. The van der Waals surface area contributed by atoms with Crippen molar-refractivity contribution in [3.63, 3.8) is 0 Å². The summed E-state index contributed by atoms with van der Waals surface area (Å²) in [6.07, 6.45) is 1.15. The molecule has 1 heterocycles. The normalized spacial score (nSPS) is 11.5. The molecule has 0 saturated carbocycles. The van der Waals surface area contributed by atoms with E-state index >= 15 is 0 Å². The van der Waals surface area contributed by atoms with Gasteiger partial charge in [0.15, 0.2) is 0 Å². The highest BCUT2D eigenvalue weighted by molar-refractivity contribution is 5.93. The predicted octanol–water partition coefficient (Wildman–Crippen LogP) is 1.11. The first-order chi connectivity index (χ1) is 7.13. The Morgan fingerprint density at radius 3 is 3.00 bits per heavy atom. The summed E-state index contributed by atoms with van der Waals surface area (Å²) in [6, 6.07) is 4.45. The number of nitrogens with one attached hydrogen (secondary N) is 1. The zero-order chi connectivity index (χ0) is 11.3. The Balaban J connectivity index is 2.55. The summed E-state index contributed by atoms with van der Waals surface area (Å²) in [5.74, 6) is -1.23. The van der Waals surface area contributed by atoms with Crippen LogP contribution in [0.5, 0.6) is 0 Å². The van der Waals surface area contributed by atoms with Gasteiger partial charge in [-0.15, -0.1) is 0 Å². The molecule has 0 aliphatic heterocycles. The molecule has 5 heteroatoms. The van der Waals surface area contributed by atoms with Crippen LogP contribution in [0, 0.1) is 23.2 Å². The minimum absolute atomic E-state index is 0.248. The van der Waals surface area contributed by atoms with Crippen molar-refractivity contribution >= 4 is 5.91 Å². The molecule has 1 aromatic heterocycles. The van der Waals surface area contributed by atoms with Crippen LogP contribution in [0.4, 0.5) is 4.39 Å². The fourth-order valence-corrected chi connectivity index (χ4v) is 0.904. The van der Waals surface area contributed by atoms with Gasteiger partial charge in [-0.25, -0.2) is 4.98 Å². The number of hydrogen-bond donors (Lipinski definition) is 1. The molecule has 0 saturated heterocycles. The number of carbonyl (C=O) groups is 1. The van der Waals surface area contributed by atoms with Gasteiger partial charge in [0.05, 0.1) is 17.6 Å². The first kappa shape index (κ1) is 11.1. The summed E-state index contributed by atoms with van der Waals surface area (Å²) in [4.78, 5) is 14.7. The van der Waals surface area contributed by atoms with Crippen molar-refractivity contribution in [3.05, 3.63) is 29.8 Å². The summed E-state index contributed by atoms with van der Waals surface area (Å²) >= 11 is 0. The van der Waals surface area contributed by atoms with Crippen LogP contribution < -0.4 is 5.32 Å². The van der Waals surface area contributed by atoms with E-state index in [-0.39, 0.29) is 23.9 Å². The Morgan fingerprint density at radius 1 is 1.73 bits per heavy atom. The summed E-state index contributed by atoms with van der Waals surface area (Å²) < 4.78 is 12.4. The van der Waals surface area contributed by atoms with Crippen molar-refractivity contribution < 1.29 is 9.18 Å². The lowest BCUT2D eigenvalue weighted by Gasteiger charge is -2.05. The van der Waals surface area contributed by atoms with E-state index in [1.807, 2.05) is 6.07 Å². The summed E-state index contributed by atoms with van der Waals surface area (Å²) in [7, 11) is 0. The van der Waals surface area contributed by atoms with Crippen molar-refractivity contribution in [1.29, 1.82) is 5.26 Å². The van der Waals surface area contributed by atoms with Crippen molar-refractivity contribution in [3.8, 4) is 6.07 Å². The zero-order valence-electron chi connectivity index (χ0n) is 8.20. The van der Waals surface area contributed by atoms with Gasteiger partial charge in [0, 0.05) is 12.7 Å². The molecule has 1 N–H and O–H groups in total. The Bertz CT molecular complexity index is 383. The highest BCUT2D eigenvalue weighted by Crippen LogP contribution is 1.99. The van der Waals surface area contributed by atoms with Gasteiger partial charge in [-0.05, 0) is 19.1 Å². The van der Waals surface area contributed by atoms with Crippen LogP contribution in [0.1, 0.15) is 17.3 Å². The molecule has 1 atom stereocenters. The molecule has 0 spiro atoms. The van der Waals surface area contributed by atoms with E-state index in [0.717, 1.165) is 12.3 Å². The number of amides is 1. The number of halogens is 1. The third-order valence-electron chi connectivity index (χ3n) is 1.78.